The first-order valence-electron chi connectivity index (χ1n) is 7.20. The molecule has 0 aliphatic heterocycles. The van der Waals surface area contributed by atoms with Crippen LogP contribution in [0.3, 0.4) is 0 Å². The Labute approximate surface area is 131 Å². The van der Waals surface area contributed by atoms with E-state index in [0.29, 0.717) is 10.7 Å². The Hall–Kier alpha value is -1.26. The van der Waals surface area contributed by atoms with Crippen LogP contribution in [-0.4, -0.2) is 17.7 Å². The highest BCUT2D eigenvalue weighted by molar-refractivity contribution is 6.33. The number of carbonyl (C=O) groups is 1. The number of hydrogen-bond donors (Lipinski definition) is 2. The van der Waals surface area contributed by atoms with Crippen LogP contribution in [-0.2, 0) is 10.2 Å². The quantitative estimate of drug-likeness (QED) is 0.884. The molecule has 0 spiro atoms. The van der Waals surface area contributed by atoms with Crippen LogP contribution in [0.1, 0.15) is 46.1 Å². The molecule has 2 rings (SSSR count). The van der Waals surface area contributed by atoms with Gasteiger partial charge in [0.25, 0.3) is 0 Å². The topological polar surface area (TPSA) is 64.3 Å². The van der Waals surface area contributed by atoms with Gasteiger partial charge in [0.2, 0.25) is 0 Å². The van der Waals surface area contributed by atoms with Gasteiger partial charge < -0.3 is 10.5 Å². The fraction of sp³-hybridized carbons (Fsp3) is 0.562. The van der Waals surface area contributed by atoms with Gasteiger partial charge in [-0.25, -0.2) is 4.79 Å². The second-order valence-corrected chi connectivity index (χ2v) is 7.17. The largest absolute Gasteiger partial charge is 0.444 e. The molecular formula is C16H23ClN2O2. The van der Waals surface area contributed by atoms with E-state index >= 15 is 0 Å². The lowest BCUT2D eigenvalue weighted by atomic mass is 9.89. The molecule has 116 valence electrons. The van der Waals surface area contributed by atoms with Crippen LogP contribution in [0, 0.1) is 0 Å². The highest BCUT2D eigenvalue weighted by Gasteiger charge is 2.47. The summed E-state index contributed by atoms with van der Waals surface area (Å²) in [6.45, 7) is 7.47. The third-order valence-electron chi connectivity index (χ3n) is 3.84. The standard InChI is InChI=1S/C16H23ClN2O2/c1-10(18)16(7-8-16)11-5-6-13(12(17)9-11)19-14(20)21-15(2,3)4/h5-6,9-10H,7-8,18H2,1-4H3,(H,19,20). The summed E-state index contributed by atoms with van der Waals surface area (Å²) in [5.41, 5.74) is 7.27. The van der Waals surface area contributed by atoms with Crippen molar-refractivity contribution in [2.75, 3.05) is 5.32 Å². The molecule has 1 fully saturated rings. The van der Waals surface area contributed by atoms with E-state index in [2.05, 4.69) is 5.32 Å². The van der Waals surface area contributed by atoms with Crippen LogP contribution in [0.25, 0.3) is 0 Å². The molecule has 0 bridgehead atoms. The minimum Gasteiger partial charge on any atom is -0.444 e. The Bertz CT molecular complexity index is 546. The minimum absolute atomic E-state index is 0.0497. The third-order valence-corrected chi connectivity index (χ3v) is 4.15. The second kappa shape index (κ2) is 5.50. The highest BCUT2D eigenvalue weighted by atomic mass is 35.5. The van der Waals surface area contributed by atoms with Crippen molar-refractivity contribution in [2.45, 2.75) is 57.6 Å². The summed E-state index contributed by atoms with van der Waals surface area (Å²) in [6, 6.07) is 5.78. The van der Waals surface area contributed by atoms with Crippen LogP contribution in [0.2, 0.25) is 5.02 Å². The second-order valence-electron chi connectivity index (χ2n) is 6.77. The van der Waals surface area contributed by atoms with Crippen molar-refractivity contribution >= 4 is 23.4 Å². The lowest BCUT2D eigenvalue weighted by Gasteiger charge is -2.22. The lowest BCUT2D eigenvalue weighted by molar-refractivity contribution is 0.0636. The van der Waals surface area contributed by atoms with Gasteiger partial charge in [0, 0.05) is 11.5 Å². The van der Waals surface area contributed by atoms with E-state index in [4.69, 9.17) is 22.1 Å². The summed E-state index contributed by atoms with van der Waals surface area (Å²) in [5, 5.41) is 3.18. The lowest BCUT2D eigenvalue weighted by Crippen LogP contribution is -2.31. The van der Waals surface area contributed by atoms with Crippen LogP contribution in [0.5, 0.6) is 0 Å². The summed E-state index contributed by atoms with van der Waals surface area (Å²) in [7, 11) is 0. The maximum absolute atomic E-state index is 11.8. The first-order chi connectivity index (χ1) is 9.64. The van der Waals surface area contributed by atoms with Gasteiger partial charge in [-0.3, -0.25) is 5.32 Å². The zero-order valence-corrected chi connectivity index (χ0v) is 13.8. The van der Waals surface area contributed by atoms with Gasteiger partial charge in [-0.15, -0.1) is 0 Å². The van der Waals surface area contributed by atoms with Crippen molar-refractivity contribution in [1.82, 2.24) is 0 Å². The number of benzene rings is 1. The van der Waals surface area contributed by atoms with Gasteiger partial charge in [0.1, 0.15) is 5.60 Å². The van der Waals surface area contributed by atoms with Gasteiger partial charge >= 0.3 is 6.09 Å². The molecule has 0 aromatic heterocycles. The van der Waals surface area contributed by atoms with E-state index in [9.17, 15) is 4.79 Å². The molecule has 1 saturated carbocycles. The summed E-state index contributed by atoms with van der Waals surface area (Å²) in [4.78, 5) is 11.8. The van der Waals surface area contributed by atoms with Crippen molar-refractivity contribution in [3.63, 3.8) is 0 Å². The Morgan fingerprint density at radius 1 is 1.43 bits per heavy atom. The highest BCUT2D eigenvalue weighted by Crippen LogP contribution is 2.51. The maximum Gasteiger partial charge on any atom is 0.412 e. The SMILES string of the molecule is CC(N)C1(c2ccc(NC(=O)OC(C)(C)C)c(Cl)c2)CC1. The molecule has 3 N–H and O–H groups in total. The summed E-state index contributed by atoms with van der Waals surface area (Å²) in [5.74, 6) is 0. The van der Waals surface area contributed by atoms with Gasteiger partial charge in [-0.2, -0.15) is 0 Å². The molecule has 1 amide bonds. The molecule has 1 aromatic rings. The number of amides is 1. The molecule has 0 heterocycles. The van der Waals surface area contributed by atoms with Gasteiger partial charge in [0.05, 0.1) is 10.7 Å². The van der Waals surface area contributed by atoms with Crippen molar-refractivity contribution in [3.8, 4) is 0 Å². The number of anilines is 1. The number of halogens is 1. The molecular weight excluding hydrogens is 288 g/mol. The summed E-state index contributed by atoms with van der Waals surface area (Å²) in [6.07, 6.45) is 1.66. The molecule has 1 aliphatic carbocycles. The number of ether oxygens (including phenoxy) is 1. The van der Waals surface area contributed by atoms with Gasteiger partial charge in [0.15, 0.2) is 0 Å². The number of hydrogen-bond acceptors (Lipinski definition) is 3. The zero-order valence-electron chi connectivity index (χ0n) is 13.0. The Morgan fingerprint density at radius 2 is 2.05 bits per heavy atom. The van der Waals surface area contributed by atoms with Crippen molar-refractivity contribution < 1.29 is 9.53 Å². The fourth-order valence-electron chi connectivity index (χ4n) is 2.48. The van der Waals surface area contributed by atoms with E-state index in [-0.39, 0.29) is 11.5 Å². The molecule has 4 nitrogen and oxygen atoms in total. The van der Waals surface area contributed by atoms with E-state index in [1.807, 2.05) is 45.9 Å². The molecule has 21 heavy (non-hydrogen) atoms. The molecule has 0 radical (unpaired) electrons. The zero-order chi connectivity index (χ0) is 15.8. The fourth-order valence-corrected chi connectivity index (χ4v) is 2.71. The number of nitrogens with one attached hydrogen (secondary N) is 1. The molecule has 1 aliphatic rings. The van der Waals surface area contributed by atoms with Crippen molar-refractivity contribution in [1.29, 1.82) is 0 Å². The Balaban J connectivity index is 2.12. The molecule has 1 atom stereocenters. The number of carbonyl (C=O) groups excluding carboxylic acids is 1. The van der Waals surface area contributed by atoms with Crippen molar-refractivity contribution in [2.24, 2.45) is 5.73 Å². The van der Waals surface area contributed by atoms with Crippen LogP contribution in [0.15, 0.2) is 18.2 Å². The molecule has 5 heteroatoms. The number of rotatable bonds is 3. The summed E-state index contributed by atoms with van der Waals surface area (Å²) >= 11 is 6.27. The summed E-state index contributed by atoms with van der Waals surface area (Å²) < 4.78 is 5.22. The molecule has 1 aromatic carbocycles. The Morgan fingerprint density at radius 3 is 2.48 bits per heavy atom. The van der Waals surface area contributed by atoms with Crippen LogP contribution < -0.4 is 11.1 Å². The predicted octanol–water partition coefficient (Wildman–Crippen LogP) is 4.07. The van der Waals surface area contributed by atoms with E-state index in [0.717, 1.165) is 18.4 Å². The third kappa shape index (κ3) is 3.69. The predicted molar refractivity (Wildman–Crippen MR) is 85.9 cm³/mol. The first-order valence-corrected chi connectivity index (χ1v) is 7.57. The monoisotopic (exact) mass is 310 g/mol. The van der Waals surface area contributed by atoms with Crippen LogP contribution in [0.4, 0.5) is 10.5 Å². The van der Waals surface area contributed by atoms with Crippen LogP contribution >= 0.6 is 11.6 Å². The average Bonchev–Trinajstić information content (AvgIpc) is 3.10. The average molecular weight is 311 g/mol. The van der Waals surface area contributed by atoms with Crippen molar-refractivity contribution in [3.05, 3.63) is 28.8 Å². The smallest absolute Gasteiger partial charge is 0.412 e. The maximum atomic E-state index is 11.8. The first kappa shape index (κ1) is 16.1. The van der Waals surface area contributed by atoms with Gasteiger partial charge in [-0.05, 0) is 58.2 Å². The molecule has 1 unspecified atom stereocenters. The van der Waals surface area contributed by atoms with E-state index < -0.39 is 11.7 Å². The Kier molecular flexibility index (Phi) is 4.22. The minimum atomic E-state index is -0.538. The number of nitrogens with two attached hydrogens (primary N) is 1. The molecule has 0 saturated heterocycles. The van der Waals surface area contributed by atoms with Gasteiger partial charge in [-0.1, -0.05) is 17.7 Å². The van der Waals surface area contributed by atoms with E-state index in [1.54, 1.807) is 0 Å². The van der Waals surface area contributed by atoms with E-state index in [1.165, 1.54) is 0 Å². The normalized spacial score (nSPS) is 18.0.